The number of hydrogen-bond acceptors (Lipinski definition) is 6. The van der Waals surface area contributed by atoms with Gasteiger partial charge in [-0.05, 0) is 12.1 Å². The minimum Gasteiger partial charge on any atom is -0.383 e. The predicted octanol–water partition coefficient (Wildman–Crippen LogP) is 0.828. The van der Waals surface area contributed by atoms with Gasteiger partial charge in [0.05, 0.1) is 25.4 Å². The maximum atomic E-state index is 11.7. The molecule has 0 aliphatic heterocycles. The van der Waals surface area contributed by atoms with Gasteiger partial charge in [-0.3, -0.25) is 14.3 Å². The normalized spacial score (nSPS) is 10.3. The van der Waals surface area contributed by atoms with Gasteiger partial charge in [0.15, 0.2) is 11.0 Å². The minimum absolute atomic E-state index is 0.139. The monoisotopic (exact) mass is 331 g/mol. The van der Waals surface area contributed by atoms with Crippen molar-refractivity contribution in [2.45, 2.75) is 11.7 Å². The molecule has 0 aliphatic carbocycles. The molecule has 0 atom stereocenters. The van der Waals surface area contributed by atoms with Gasteiger partial charge in [0, 0.05) is 25.1 Å². The van der Waals surface area contributed by atoms with E-state index in [1.165, 1.54) is 11.8 Å². The fourth-order valence-electron chi connectivity index (χ4n) is 1.82. The summed E-state index contributed by atoms with van der Waals surface area (Å²) in [5.74, 6) is 3.17. The molecule has 2 rings (SSSR count). The molecule has 0 fully saturated rings. The first kappa shape index (κ1) is 17.0. The zero-order chi connectivity index (χ0) is 16.5. The number of aromatic nitrogens is 4. The van der Waals surface area contributed by atoms with Crippen molar-refractivity contribution in [3.8, 4) is 23.7 Å². The van der Waals surface area contributed by atoms with Crippen molar-refractivity contribution in [3.63, 3.8) is 0 Å². The van der Waals surface area contributed by atoms with Crippen LogP contribution in [0.5, 0.6) is 0 Å². The summed E-state index contributed by atoms with van der Waals surface area (Å²) < 4.78 is 7.07. The second-order valence-electron chi connectivity index (χ2n) is 4.46. The van der Waals surface area contributed by atoms with Crippen molar-refractivity contribution in [2.75, 3.05) is 26.0 Å². The molecule has 0 aliphatic rings. The van der Waals surface area contributed by atoms with E-state index in [0.29, 0.717) is 18.3 Å². The minimum atomic E-state index is -0.139. The molecule has 23 heavy (non-hydrogen) atoms. The Labute approximate surface area is 138 Å². The summed E-state index contributed by atoms with van der Waals surface area (Å²) in [6.07, 6.45) is 8.51. The third kappa shape index (κ3) is 4.81. The number of ether oxygens (including phenoxy) is 1. The highest BCUT2D eigenvalue weighted by Crippen LogP contribution is 2.23. The van der Waals surface area contributed by atoms with E-state index in [4.69, 9.17) is 11.2 Å². The second kappa shape index (κ2) is 8.92. The number of carbonyl (C=O) groups is 1. The van der Waals surface area contributed by atoms with E-state index in [2.05, 4.69) is 26.4 Å². The van der Waals surface area contributed by atoms with Crippen LogP contribution in [-0.4, -0.2) is 51.7 Å². The average Bonchev–Trinajstić information content (AvgIpc) is 2.99. The van der Waals surface area contributed by atoms with Crippen LogP contribution in [0.15, 0.2) is 29.7 Å². The van der Waals surface area contributed by atoms with Crippen LogP contribution >= 0.6 is 11.8 Å². The van der Waals surface area contributed by atoms with Gasteiger partial charge in [0.25, 0.3) is 0 Å². The summed E-state index contributed by atoms with van der Waals surface area (Å²) in [6.45, 7) is 1.33. The molecule has 0 unspecified atom stereocenters. The van der Waals surface area contributed by atoms with Crippen LogP contribution in [0.4, 0.5) is 0 Å². The topological polar surface area (TPSA) is 81.9 Å². The first-order valence-electron chi connectivity index (χ1n) is 6.91. The van der Waals surface area contributed by atoms with Crippen LogP contribution in [0.25, 0.3) is 11.4 Å². The Hall–Kier alpha value is -2.37. The Morgan fingerprint density at radius 1 is 1.43 bits per heavy atom. The molecular formula is C15H17N5O2S. The van der Waals surface area contributed by atoms with Gasteiger partial charge >= 0.3 is 0 Å². The fourth-order valence-corrected chi connectivity index (χ4v) is 2.62. The van der Waals surface area contributed by atoms with Gasteiger partial charge < -0.3 is 10.1 Å². The molecule has 2 aromatic rings. The van der Waals surface area contributed by atoms with E-state index in [1.54, 1.807) is 19.5 Å². The van der Waals surface area contributed by atoms with Crippen molar-refractivity contribution >= 4 is 17.7 Å². The molecule has 2 aromatic heterocycles. The number of methoxy groups -OCH3 is 1. The van der Waals surface area contributed by atoms with Crippen LogP contribution in [0.2, 0.25) is 0 Å². The van der Waals surface area contributed by atoms with E-state index < -0.39 is 0 Å². The maximum absolute atomic E-state index is 11.7. The molecule has 0 aromatic carbocycles. The Morgan fingerprint density at radius 2 is 2.22 bits per heavy atom. The number of nitrogens with zero attached hydrogens (tertiary/aromatic N) is 4. The maximum Gasteiger partial charge on any atom is 0.231 e. The van der Waals surface area contributed by atoms with E-state index in [-0.39, 0.29) is 18.2 Å². The van der Waals surface area contributed by atoms with Crippen LogP contribution in [-0.2, 0) is 16.1 Å². The first-order chi connectivity index (χ1) is 11.3. The van der Waals surface area contributed by atoms with Crippen molar-refractivity contribution < 1.29 is 9.53 Å². The third-order valence-corrected chi connectivity index (χ3v) is 3.86. The zero-order valence-corrected chi connectivity index (χ0v) is 13.5. The smallest absolute Gasteiger partial charge is 0.231 e. The SMILES string of the molecule is C#CCNC(=O)CSc1nnc(-c2ccncc2)n1CCOC. The van der Waals surface area contributed by atoms with Crippen molar-refractivity contribution in [2.24, 2.45) is 0 Å². The summed E-state index contributed by atoms with van der Waals surface area (Å²) in [5, 5.41) is 11.7. The van der Waals surface area contributed by atoms with Gasteiger partial charge in [-0.1, -0.05) is 17.7 Å². The molecule has 0 saturated carbocycles. The van der Waals surface area contributed by atoms with Crippen molar-refractivity contribution in [3.05, 3.63) is 24.5 Å². The van der Waals surface area contributed by atoms with E-state index in [9.17, 15) is 4.79 Å². The molecule has 0 radical (unpaired) electrons. The molecule has 0 spiro atoms. The summed E-state index contributed by atoms with van der Waals surface area (Å²) in [6, 6.07) is 3.72. The third-order valence-electron chi connectivity index (χ3n) is 2.89. The molecular weight excluding hydrogens is 314 g/mol. The van der Waals surface area contributed by atoms with Crippen LogP contribution in [0.3, 0.4) is 0 Å². The summed E-state index contributed by atoms with van der Waals surface area (Å²) in [5.41, 5.74) is 0.909. The number of rotatable bonds is 8. The Bertz CT molecular complexity index is 681. The lowest BCUT2D eigenvalue weighted by molar-refractivity contribution is -0.118. The lowest BCUT2D eigenvalue weighted by Crippen LogP contribution is -2.25. The molecule has 8 heteroatoms. The van der Waals surface area contributed by atoms with Gasteiger partial charge in [-0.15, -0.1) is 16.6 Å². The van der Waals surface area contributed by atoms with Gasteiger partial charge in [0.2, 0.25) is 5.91 Å². The van der Waals surface area contributed by atoms with Crippen molar-refractivity contribution in [1.82, 2.24) is 25.1 Å². The van der Waals surface area contributed by atoms with Crippen LogP contribution in [0.1, 0.15) is 0 Å². The molecule has 1 amide bonds. The highest BCUT2D eigenvalue weighted by molar-refractivity contribution is 7.99. The quantitative estimate of drug-likeness (QED) is 0.570. The summed E-state index contributed by atoms with van der Waals surface area (Å²) in [7, 11) is 1.64. The summed E-state index contributed by atoms with van der Waals surface area (Å²) >= 11 is 1.31. The molecule has 120 valence electrons. The largest absolute Gasteiger partial charge is 0.383 e. The highest BCUT2D eigenvalue weighted by atomic mass is 32.2. The van der Waals surface area contributed by atoms with E-state index in [1.807, 2.05) is 16.7 Å². The predicted molar refractivity (Wildman–Crippen MR) is 87.7 cm³/mol. The van der Waals surface area contributed by atoms with Crippen LogP contribution in [0, 0.1) is 12.3 Å². The van der Waals surface area contributed by atoms with E-state index in [0.717, 1.165) is 11.4 Å². The van der Waals surface area contributed by atoms with Crippen LogP contribution < -0.4 is 5.32 Å². The molecule has 1 N–H and O–H groups in total. The highest BCUT2D eigenvalue weighted by Gasteiger charge is 2.15. The number of nitrogens with one attached hydrogen (secondary N) is 1. The summed E-state index contributed by atoms with van der Waals surface area (Å²) in [4.78, 5) is 15.7. The standard InChI is InChI=1S/C15H17N5O2S/c1-3-6-17-13(21)11-23-15-19-18-14(20(15)9-10-22-2)12-4-7-16-8-5-12/h1,4-5,7-8H,6,9-11H2,2H3,(H,17,21). The number of pyridine rings is 1. The molecule has 7 nitrogen and oxygen atoms in total. The van der Waals surface area contributed by atoms with E-state index >= 15 is 0 Å². The lowest BCUT2D eigenvalue weighted by atomic mass is 10.2. The Kier molecular flexibility index (Phi) is 6.59. The lowest BCUT2D eigenvalue weighted by Gasteiger charge is -2.09. The number of hydrogen-bond donors (Lipinski definition) is 1. The average molecular weight is 331 g/mol. The van der Waals surface area contributed by atoms with Gasteiger partial charge in [-0.2, -0.15) is 0 Å². The molecule has 2 heterocycles. The molecule has 0 bridgehead atoms. The fraction of sp³-hybridized carbons (Fsp3) is 0.333. The Morgan fingerprint density at radius 3 is 2.91 bits per heavy atom. The number of thioether (sulfide) groups is 1. The number of terminal acetylenes is 1. The van der Waals surface area contributed by atoms with Gasteiger partial charge in [-0.25, -0.2) is 0 Å². The van der Waals surface area contributed by atoms with Crippen molar-refractivity contribution in [1.29, 1.82) is 0 Å². The number of carbonyl (C=O) groups excluding carboxylic acids is 1. The van der Waals surface area contributed by atoms with Gasteiger partial charge in [0.1, 0.15) is 0 Å². The first-order valence-corrected chi connectivity index (χ1v) is 7.90. The Balaban J connectivity index is 2.14. The number of amides is 1. The molecule has 0 saturated heterocycles. The zero-order valence-electron chi connectivity index (χ0n) is 12.7. The second-order valence-corrected chi connectivity index (χ2v) is 5.40.